The number of carbonyl (C=O) groups is 1. The highest BCUT2D eigenvalue weighted by Crippen LogP contribution is 2.46. The van der Waals surface area contributed by atoms with Crippen LogP contribution in [0.25, 0.3) is 0 Å². The highest BCUT2D eigenvalue weighted by atomic mass is 16.3. The van der Waals surface area contributed by atoms with Gasteiger partial charge in [-0.25, -0.2) is 0 Å². The van der Waals surface area contributed by atoms with Gasteiger partial charge >= 0.3 is 0 Å². The van der Waals surface area contributed by atoms with Crippen molar-refractivity contribution in [2.75, 3.05) is 0 Å². The molecule has 0 bridgehead atoms. The van der Waals surface area contributed by atoms with Crippen molar-refractivity contribution in [3.63, 3.8) is 0 Å². The van der Waals surface area contributed by atoms with E-state index in [-0.39, 0.29) is 17.4 Å². The Morgan fingerprint density at radius 2 is 2.20 bits per heavy atom. The van der Waals surface area contributed by atoms with Crippen LogP contribution in [0.15, 0.2) is 24.3 Å². The number of carbonyl (C=O) groups excluding carboxylic acids is 1. The molecule has 0 spiro atoms. The van der Waals surface area contributed by atoms with E-state index in [1.54, 1.807) is 6.07 Å². The number of nitrogens with one attached hydrogen (secondary N) is 1. The summed E-state index contributed by atoms with van der Waals surface area (Å²) in [7, 11) is 0. The topological polar surface area (TPSA) is 73.1 Å². The van der Waals surface area contributed by atoms with Gasteiger partial charge in [-0.15, -0.1) is 0 Å². The summed E-state index contributed by atoms with van der Waals surface area (Å²) >= 11 is 0. The van der Waals surface area contributed by atoms with Crippen molar-refractivity contribution in [3.8, 4) is 6.07 Å². The Morgan fingerprint density at radius 1 is 1.45 bits per heavy atom. The predicted molar refractivity (Wildman–Crippen MR) is 73.6 cm³/mol. The van der Waals surface area contributed by atoms with Crippen molar-refractivity contribution in [1.82, 2.24) is 5.32 Å². The van der Waals surface area contributed by atoms with Gasteiger partial charge in [0, 0.05) is 0 Å². The van der Waals surface area contributed by atoms with Crippen molar-refractivity contribution in [2.45, 2.75) is 43.7 Å². The number of benzene rings is 1. The summed E-state index contributed by atoms with van der Waals surface area (Å²) in [6, 6.07) is 9.46. The van der Waals surface area contributed by atoms with Crippen LogP contribution >= 0.6 is 0 Å². The molecule has 0 radical (unpaired) electrons. The van der Waals surface area contributed by atoms with Crippen LogP contribution in [0.2, 0.25) is 0 Å². The quantitative estimate of drug-likeness (QED) is 0.876. The fourth-order valence-corrected chi connectivity index (χ4v) is 2.78. The number of rotatable bonds is 4. The molecule has 1 amide bonds. The summed E-state index contributed by atoms with van der Waals surface area (Å²) in [5, 5.41) is 22.0. The molecule has 2 N–H and O–H groups in total. The minimum Gasteiger partial charge on any atom is -0.383 e. The van der Waals surface area contributed by atoms with Crippen LogP contribution in [-0.4, -0.2) is 17.1 Å². The van der Waals surface area contributed by atoms with Crippen LogP contribution < -0.4 is 5.32 Å². The second kappa shape index (κ2) is 4.92. The number of aliphatic hydroxyl groups excluding tert-OH is 1. The maximum absolute atomic E-state index is 12.1. The van der Waals surface area contributed by atoms with Gasteiger partial charge in [-0.05, 0) is 49.3 Å². The van der Waals surface area contributed by atoms with Gasteiger partial charge in [-0.3, -0.25) is 4.79 Å². The van der Waals surface area contributed by atoms with E-state index in [0.717, 1.165) is 37.7 Å². The van der Waals surface area contributed by atoms with Crippen molar-refractivity contribution < 1.29 is 9.90 Å². The zero-order valence-corrected chi connectivity index (χ0v) is 11.3. The van der Waals surface area contributed by atoms with E-state index in [9.17, 15) is 9.90 Å². The average molecular weight is 270 g/mol. The van der Waals surface area contributed by atoms with E-state index in [0.29, 0.717) is 5.56 Å². The van der Waals surface area contributed by atoms with Crippen molar-refractivity contribution in [3.05, 3.63) is 35.4 Å². The molecule has 2 saturated carbocycles. The SMILES string of the molecule is N#Cc1cccc(C2(NC(=O)C(O)C3CCC3)CC2)c1. The van der Waals surface area contributed by atoms with Gasteiger partial charge in [0.2, 0.25) is 5.91 Å². The summed E-state index contributed by atoms with van der Waals surface area (Å²) in [5.41, 5.74) is 1.20. The molecular weight excluding hydrogens is 252 g/mol. The molecule has 4 heteroatoms. The van der Waals surface area contributed by atoms with Gasteiger partial charge in [0.1, 0.15) is 6.10 Å². The van der Waals surface area contributed by atoms with Crippen molar-refractivity contribution >= 4 is 5.91 Å². The number of hydrogen-bond acceptors (Lipinski definition) is 3. The fourth-order valence-electron chi connectivity index (χ4n) is 2.78. The number of nitrogens with zero attached hydrogens (tertiary/aromatic N) is 1. The summed E-state index contributed by atoms with van der Waals surface area (Å²) in [5.74, 6) is -0.147. The molecule has 4 nitrogen and oxygen atoms in total. The fraction of sp³-hybridized carbons (Fsp3) is 0.500. The summed E-state index contributed by atoms with van der Waals surface area (Å²) < 4.78 is 0. The highest BCUT2D eigenvalue weighted by molar-refractivity contribution is 5.82. The zero-order valence-electron chi connectivity index (χ0n) is 11.3. The molecule has 0 aliphatic heterocycles. The Kier molecular flexibility index (Phi) is 3.23. The summed E-state index contributed by atoms with van der Waals surface area (Å²) in [6.45, 7) is 0. The van der Waals surface area contributed by atoms with E-state index < -0.39 is 6.10 Å². The van der Waals surface area contributed by atoms with Crippen molar-refractivity contribution in [1.29, 1.82) is 5.26 Å². The standard InChI is InChI=1S/C16H18N2O2/c17-10-11-3-1-6-13(9-11)16(7-8-16)18-15(20)14(19)12-4-2-5-12/h1,3,6,9,12,14,19H,2,4-5,7-8H2,(H,18,20). The van der Waals surface area contributed by atoms with E-state index >= 15 is 0 Å². The van der Waals surface area contributed by atoms with Gasteiger partial charge in [-0.2, -0.15) is 5.26 Å². The first-order valence-electron chi connectivity index (χ1n) is 7.15. The molecular formula is C16H18N2O2. The Labute approximate surface area is 118 Å². The van der Waals surface area contributed by atoms with Crippen LogP contribution in [0.1, 0.15) is 43.2 Å². The summed E-state index contributed by atoms with van der Waals surface area (Å²) in [6.07, 6.45) is 3.82. The van der Waals surface area contributed by atoms with Gasteiger partial charge in [0.25, 0.3) is 0 Å². The van der Waals surface area contributed by atoms with Gasteiger partial charge < -0.3 is 10.4 Å². The molecule has 1 atom stereocenters. The van der Waals surface area contributed by atoms with Crippen LogP contribution in [0.5, 0.6) is 0 Å². The monoisotopic (exact) mass is 270 g/mol. The molecule has 0 aromatic heterocycles. The Bertz CT molecular complexity index is 568. The Morgan fingerprint density at radius 3 is 2.75 bits per heavy atom. The number of aliphatic hydroxyl groups is 1. The Hall–Kier alpha value is -1.86. The van der Waals surface area contributed by atoms with Gasteiger partial charge in [-0.1, -0.05) is 18.6 Å². The first-order chi connectivity index (χ1) is 9.64. The molecule has 2 aliphatic rings. The highest BCUT2D eigenvalue weighted by Gasteiger charge is 2.47. The lowest BCUT2D eigenvalue weighted by Gasteiger charge is -2.30. The molecule has 0 heterocycles. The van der Waals surface area contributed by atoms with E-state index in [1.807, 2.05) is 18.2 Å². The molecule has 1 unspecified atom stereocenters. The van der Waals surface area contributed by atoms with E-state index in [2.05, 4.69) is 11.4 Å². The van der Waals surface area contributed by atoms with Gasteiger partial charge in [0.15, 0.2) is 0 Å². The zero-order chi connectivity index (χ0) is 14.2. The molecule has 3 rings (SSSR count). The minimum atomic E-state index is -0.889. The van der Waals surface area contributed by atoms with Crippen LogP contribution in [0, 0.1) is 17.2 Å². The lowest BCUT2D eigenvalue weighted by molar-refractivity contribution is -0.134. The number of hydrogen-bond donors (Lipinski definition) is 2. The minimum absolute atomic E-state index is 0.122. The first-order valence-corrected chi connectivity index (χ1v) is 7.15. The second-order valence-electron chi connectivity index (χ2n) is 5.90. The maximum atomic E-state index is 12.1. The molecule has 1 aromatic carbocycles. The lowest BCUT2D eigenvalue weighted by Crippen LogP contribution is -2.46. The smallest absolute Gasteiger partial charge is 0.249 e. The third-order valence-corrected chi connectivity index (χ3v) is 4.52. The summed E-state index contributed by atoms with van der Waals surface area (Å²) in [4.78, 5) is 12.1. The van der Waals surface area contributed by atoms with Crippen LogP contribution in [0.3, 0.4) is 0 Å². The maximum Gasteiger partial charge on any atom is 0.249 e. The van der Waals surface area contributed by atoms with Crippen molar-refractivity contribution in [2.24, 2.45) is 5.92 Å². The largest absolute Gasteiger partial charge is 0.383 e. The van der Waals surface area contributed by atoms with E-state index in [4.69, 9.17) is 5.26 Å². The second-order valence-corrected chi connectivity index (χ2v) is 5.90. The third-order valence-electron chi connectivity index (χ3n) is 4.52. The normalized spacial score (nSPS) is 21.4. The van der Waals surface area contributed by atoms with Crippen LogP contribution in [0.4, 0.5) is 0 Å². The molecule has 2 aliphatic carbocycles. The third kappa shape index (κ3) is 2.30. The molecule has 2 fully saturated rings. The molecule has 20 heavy (non-hydrogen) atoms. The molecule has 104 valence electrons. The van der Waals surface area contributed by atoms with Gasteiger partial charge in [0.05, 0.1) is 17.2 Å². The van der Waals surface area contributed by atoms with E-state index in [1.165, 1.54) is 0 Å². The first kappa shape index (κ1) is 13.1. The Balaban J connectivity index is 1.72. The number of amides is 1. The van der Waals surface area contributed by atoms with Crippen LogP contribution in [-0.2, 0) is 10.3 Å². The number of nitriles is 1. The molecule has 0 saturated heterocycles. The molecule has 1 aromatic rings. The lowest BCUT2D eigenvalue weighted by atomic mass is 9.80. The average Bonchev–Trinajstić information content (AvgIpc) is 3.17. The predicted octanol–water partition coefficient (Wildman–Crippen LogP) is 1.82.